The molecule has 0 aliphatic rings. The fourth-order valence-electron chi connectivity index (χ4n) is 3.10. The van der Waals surface area contributed by atoms with Crippen LogP contribution in [0.2, 0.25) is 0 Å². The number of ether oxygens (including phenoxy) is 2. The van der Waals surface area contributed by atoms with Crippen LogP contribution in [0.5, 0.6) is 11.5 Å². The first-order valence-electron chi connectivity index (χ1n) is 10.6. The van der Waals surface area contributed by atoms with Crippen molar-refractivity contribution in [3.63, 3.8) is 0 Å². The summed E-state index contributed by atoms with van der Waals surface area (Å²) in [5.74, 6) is 0.670. The summed E-state index contributed by atoms with van der Waals surface area (Å²) in [6.45, 7) is 5.11. The van der Waals surface area contributed by atoms with Gasteiger partial charge in [0.05, 0.1) is 11.1 Å². The van der Waals surface area contributed by atoms with Crippen molar-refractivity contribution >= 4 is 27.9 Å². The predicted molar refractivity (Wildman–Crippen MR) is 133 cm³/mol. The van der Waals surface area contributed by atoms with E-state index in [1.165, 1.54) is 11.6 Å². The van der Waals surface area contributed by atoms with Crippen molar-refractivity contribution in [1.29, 1.82) is 5.26 Å². The second-order valence-corrected chi connectivity index (χ2v) is 8.23. The molecule has 3 rings (SSSR count). The number of hydrogen-bond donors (Lipinski definition) is 1. The minimum absolute atomic E-state index is 0.00797. The van der Waals surface area contributed by atoms with E-state index < -0.39 is 5.91 Å². The van der Waals surface area contributed by atoms with Gasteiger partial charge < -0.3 is 14.8 Å². The Labute approximate surface area is 202 Å². The van der Waals surface area contributed by atoms with Crippen molar-refractivity contribution in [3.05, 3.63) is 99.0 Å². The van der Waals surface area contributed by atoms with Gasteiger partial charge in [-0.3, -0.25) is 4.79 Å². The zero-order chi connectivity index (χ0) is 23.6. The lowest BCUT2D eigenvalue weighted by Crippen LogP contribution is -2.23. The molecule has 1 N–H and O–H groups in total. The van der Waals surface area contributed by atoms with Crippen LogP contribution in [0.25, 0.3) is 6.08 Å². The van der Waals surface area contributed by atoms with Crippen molar-refractivity contribution < 1.29 is 14.3 Å². The second kappa shape index (κ2) is 11.9. The lowest BCUT2D eigenvalue weighted by Gasteiger charge is -2.15. The molecule has 0 heterocycles. The maximum absolute atomic E-state index is 12.5. The smallest absolute Gasteiger partial charge is 0.262 e. The van der Waals surface area contributed by atoms with E-state index in [4.69, 9.17) is 9.47 Å². The lowest BCUT2D eigenvalue weighted by atomic mass is 10.1. The number of nitriles is 1. The standard InChI is InChI=1S/C27H25BrN2O3/c1-3-32-25-15-22(13-23(16-29)27(31)30-17-20-7-5-4-6-8-20)14-24(28)26(25)33-18-21-11-9-19(2)10-12-21/h4-15H,3,17-18H2,1-2H3,(H,30,31)/b23-13+. The van der Waals surface area contributed by atoms with Crippen molar-refractivity contribution in [2.75, 3.05) is 6.61 Å². The molecule has 168 valence electrons. The number of hydrogen-bond acceptors (Lipinski definition) is 4. The van der Waals surface area contributed by atoms with Crippen molar-refractivity contribution in [3.8, 4) is 17.6 Å². The van der Waals surface area contributed by atoms with E-state index in [1.807, 2.05) is 74.5 Å². The number of carbonyl (C=O) groups is 1. The molecule has 5 nitrogen and oxygen atoms in total. The number of amides is 1. The van der Waals surface area contributed by atoms with Gasteiger partial charge in [-0.15, -0.1) is 0 Å². The van der Waals surface area contributed by atoms with Crippen LogP contribution >= 0.6 is 15.9 Å². The third-order valence-corrected chi connectivity index (χ3v) is 5.40. The van der Waals surface area contributed by atoms with Gasteiger partial charge >= 0.3 is 0 Å². The number of rotatable bonds is 9. The molecule has 0 saturated heterocycles. The van der Waals surface area contributed by atoms with Crippen LogP contribution < -0.4 is 14.8 Å². The van der Waals surface area contributed by atoms with Gasteiger partial charge in [0.2, 0.25) is 0 Å². The molecule has 0 saturated carbocycles. The Hall–Kier alpha value is -3.56. The van der Waals surface area contributed by atoms with E-state index in [-0.39, 0.29) is 5.57 Å². The van der Waals surface area contributed by atoms with E-state index >= 15 is 0 Å². The molecular weight excluding hydrogens is 480 g/mol. The third kappa shape index (κ3) is 6.96. The van der Waals surface area contributed by atoms with Crippen molar-refractivity contribution in [2.24, 2.45) is 0 Å². The molecule has 0 radical (unpaired) electrons. The van der Waals surface area contributed by atoms with E-state index in [9.17, 15) is 10.1 Å². The number of carbonyl (C=O) groups excluding carboxylic acids is 1. The SMILES string of the molecule is CCOc1cc(/C=C(\C#N)C(=O)NCc2ccccc2)cc(Br)c1OCc1ccc(C)cc1. The van der Waals surface area contributed by atoms with Gasteiger partial charge in [0.15, 0.2) is 11.5 Å². The highest BCUT2D eigenvalue weighted by Crippen LogP contribution is 2.38. The summed E-state index contributed by atoms with van der Waals surface area (Å²) in [5, 5.41) is 12.3. The summed E-state index contributed by atoms with van der Waals surface area (Å²) in [6.07, 6.45) is 1.54. The first-order chi connectivity index (χ1) is 16.0. The Kier molecular flexibility index (Phi) is 8.68. The quantitative estimate of drug-likeness (QED) is 0.288. The molecule has 1 amide bonds. The molecule has 0 aliphatic heterocycles. The molecule has 0 bridgehead atoms. The third-order valence-electron chi connectivity index (χ3n) is 4.81. The maximum atomic E-state index is 12.5. The Balaban J connectivity index is 1.78. The zero-order valence-electron chi connectivity index (χ0n) is 18.6. The van der Waals surface area contributed by atoms with E-state index in [2.05, 4.69) is 21.2 Å². The van der Waals surface area contributed by atoms with Crippen LogP contribution in [0.3, 0.4) is 0 Å². The number of nitrogens with zero attached hydrogens (tertiary/aromatic N) is 1. The van der Waals surface area contributed by atoms with Crippen LogP contribution in [-0.2, 0) is 17.9 Å². The molecule has 3 aromatic carbocycles. The average molecular weight is 505 g/mol. The van der Waals surface area contributed by atoms with Gasteiger partial charge in [0.25, 0.3) is 5.91 Å². The van der Waals surface area contributed by atoms with E-state index in [0.717, 1.165) is 11.1 Å². The van der Waals surface area contributed by atoms with Crippen LogP contribution in [0.15, 0.2) is 76.8 Å². The lowest BCUT2D eigenvalue weighted by molar-refractivity contribution is -0.117. The van der Waals surface area contributed by atoms with Gasteiger partial charge in [0.1, 0.15) is 18.2 Å². The fraction of sp³-hybridized carbons (Fsp3) is 0.185. The normalized spacial score (nSPS) is 10.9. The molecule has 0 aromatic heterocycles. The largest absolute Gasteiger partial charge is 0.490 e. The monoisotopic (exact) mass is 504 g/mol. The van der Waals surface area contributed by atoms with Gasteiger partial charge in [-0.05, 0) is 64.7 Å². The Morgan fingerprint density at radius 1 is 1.06 bits per heavy atom. The summed E-state index contributed by atoms with van der Waals surface area (Å²) < 4.78 is 12.5. The van der Waals surface area contributed by atoms with Crippen LogP contribution in [-0.4, -0.2) is 12.5 Å². The maximum Gasteiger partial charge on any atom is 0.262 e. The molecule has 33 heavy (non-hydrogen) atoms. The summed E-state index contributed by atoms with van der Waals surface area (Å²) in [4.78, 5) is 12.5. The number of aryl methyl sites for hydroxylation is 1. The molecule has 6 heteroatoms. The molecular formula is C27H25BrN2O3. The van der Waals surface area contributed by atoms with Crippen molar-refractivity contribution in [2.45, 2.75) is 27.0 Å². The second-order valence-electron chi connectivity index (χ2n) is 7.38. The molecule has 0 unspecified atom stereocenters. The first-order valence-corrected chi connectivity index (χ1v) is 11.4. The van der Waals surface area contributed by atoms with Gasteiger partial charge in [-0.25, -0.2) is 0 Å². The summed E-state index contributed by atoms with van der Waals surface area (Å²) in [5.41, 5.74) is 3.85. The number of benzene rings is 3. The number of halogens is 1. The van der Waals surface area contributed by atoms with E-state index in [0.29, 0.717) is 41.3 Å². The Bertz CT molecular complexity index is 1170. The molecule has 0 atom stereocenters. The molecule has 0 aliphatic carbocycles. The fourth-order valence-corrected chi connectivity index (χ4v) is 3.68. The summed E-state index contributed by atoms with van der Waals surface area (Å²) >= 11 is 3.55. The minimum atomic E-state index is -0.435. The Morgan fingerprint density at radius 3 is 2.45 bits per heavy atom. The van der Waals surface area contributed by atoms with Gasteiger partial charge in [-0.1, -0.05) is 60.2 Å². The summed E-state index contributed by atoms with van der Waals surface area (Å²) in [7, 11) is 0. The Morgan fingerprint density at radius 2 is 1.79 bits per heavy atom. The van der Waals surface area contributed by atoms with Crippen LogP contribution in [0.1, 0.15) is 29.2 Å². The highest BCUT2D eigenvalue weighted by atomic mass is 79.9. The van der Waals surface area contributed by atoms with Gasteiger partial charge in [-0.2, -0.15) is 5.26 Å². The molecule has 0 fully saturated rings. The minimum Gasteiger partial charge on any atom is -0.490 e. The predicted octanol–water partition coefficient (Wildman–Crippen LogP) is 5.96. The highest BCUT2D eigenvalue weighted by Gasteiger charge is 2.14. The van der Waals surface area contributed by atoms with Crippen LogP contribution in [0.4, 0.5) is 0 Å². The topological polar surface area (TPSA) is 71.3 Å². The van der Waals surface area contributed by atoms with E-state index in [1.54, 1.807) is 12.1 Å². The molecule has 0 spiro atoms. The molecule has 3 aromatic rings. The highest BCUT2D eigenvalue weighted by molar-refractivity contribution is 9.10. The average Bonchev–Trinajstić information content (AvgIpc) is 2.82. The zero-order valence-corrected chi connectivity index (χ0v) is 20.2. The van der Waals surface area contributed by atoms with Crippen molar-refractivity contribution in [1.82, 2.24) is 5.32 Å². The van der Waals surface area contributed by atoms with Gasteiger partial charge in [0, 0.05) is 6.54 Å². The number of nitrogens with one attached hydrogen (secondary N) is 1. The summed E-state index contributed by atoms with van der Waals surface area (Å²) in [6, 6.07) is 23.2. The first kappa shape index (κ1) is 24.1. The van der Waals surface area contributed by atoms with Crippen LogP contribution in [0, 0.1) is 18.3 Å².